The molecule has 2 heteroatoms. The molecule has 130 valence electrons. The fourth-order valence-corrected chi connectivity index (χ4v) is 3.07. The molecule has 0 saturated heterocycles. The highest BCUT2D eigenvalue weighted by molar-refractivity contribution is 5.43. The average Bonchev–Trinajstić information content (AvgIpc) is 2.63. The minimum absolute atomic E-state index is 0.676. The number of benzene rings is 1. The van der Waals surface area contributed by atoms with Crippen molar-refractivity contribution in [1.29, 1.82) is 0 Å². The van der Waals surface area contributed by atoms with Crippen molar-refractivity contribution in [3.8, 4) is 5.75 Å². The van der Waals surface area contributed by atoms with E-state index < -0.39 is 6.29 Å². The van der Waals surface area contributed by atoms with E-state index in [9.17, 15) is 5.11 Å². The Labute approximate surface area is 150 Å². The lowest BCUT2D eigenvalue weighted by Crippen LogP contribution is -2.12. The summed E-state index contributed by atoms with van der Waals surface area (Å²) < 4.78 is 5.50. The van der Waals surface area contributed by atoms with Crippen molar-refractivity contribution >= 4 is 0 Å². The summed E-state index contributed by atoms with van der Waals surface area (Å²) in [6.07, 6.45) is 16.0. The third-order valence-electron chi connectivity index (χ3n) is 4.70. The molecule has 2 aliphatic rings. The molecule has 0 bridgehead atoms. The molecule has 1 atom stereocenters. The number of aliphatic hydroxyl groups excluding tert-OH is 1. The first kappa shape index (κ1) is 17.5. The quantitative estimate of drug-likeness (QED) is 0.714. The van der Waals surface area contributed by atoms with Gasteiger partial charge in [-0.2, -0.15) is 0 Å². The summed E-state index contributed by atoms with van der Waals surface area (Å²) in [7, 11) is 0. The summed E-state index contributed by atoms with van der Waals surface area (Å²) in [5.41, 5.74) is 6.76. The number of ether oxygens (including phenoxy) is 1. The lowest BCUT2D eigenvalue weighted by molar-refractivity contribution is 0.0247. The molecule has 2 aliphatic carbocycles. The first-order chi connectivity index (χ1) is 12.1. The van der Waals surface area contributed by atoms with E-state index in [0.29, 0.717) is 5.75 Å². The molecule has 0 saturated carbocycles. The molecule has 1 unspecified atom stereocenters. The van der Waals surface area contributed by atoms with Crippen LogP contribution in [0, 0.1) is 6.92 Å². The highest BCUT2D eigenvalue weighted by Crippen LogP contribution is 2.30. The molecule has 1 aromatic carbocycles. The van der Waals surface area contributed by atoms with Crippen LogP contribution in [0.4, 0.5) is 0 Å². The van der Waals surface area contributed by atoms with Crippen molar-refractivity contribution in [3.05, 3.63) is 88.6 Å². The Bertz CT molecular complexity index is 758. The van der Waals surface area contributed by atoms with Crippen molar-refractivity contribution in [2.45, 2.75) is 45.8 Å². The smallest absolute Gasteiger partial charge is 0.217 e. The van der Waals surface area contributed by atoms with Crippen LogP contribution in [0.1, 0.15) is 38.2 Å². The Hall–Kier alpha value is -2.32. The zero-order chi connectivity index (χ0) is 17.6. The Morgan fingerprint density at radius 1 is 0.880 bits per heavy atom. The lowest BCUT2D eigenvalue weighted by atomic mass is 9.87. The zero-order valence-electron chi connectivity index (χ0n) is 15.0. The average molecular weight is 334 g/mol. The molecule has 0 heterocycles. The van der Waals surface area contributed by atoms with E-state index in [1.54, 1.807) is 6.08 Å². The minimum atomic E-state index is -0.928. The van der Waals surface area contributed by atoms with Crippen LogP contribution in [-0.2, 0) is 0 Å². The Morgan fingerprint density at radius 2 is 1.56 bits per heavy atom. The van der Waals surface area contributed by atoms with Gasteiger partial charge < -0.3 is 9.84 Å². The van der Waals surface area contributed by atoms with E-state index >= 15 is 0 Å². The largest absolute Gasteiger partial charge is 0.461 e. The first-order valence-electron chi connectivity index (χ1n) is 8.96. The van der Waals surface area contributed by atoms with E-state index in [1.165, 1.54) is 34.3 Å². The number of aryl methyl sites for hydroxylation is 1. The molecule has 1 N–H and O–H groups in total. The second-order valence-electron chi connectivity index (χ2n) is 6.82. The van der Waals surface area contributed by atoms with Gasteiger partial charge in [0.25, 0.3) is 0 Å². The van der Waals surface area contributed by atoms with Crippen molar-refractivity contribution in [2.75, 3.05) is 0 Å². The third kappa shape index (κ3) is 5.07. The van der Waals surface area contributed by atoms with Gasteiger partial charge in [0.15, 0.2) is 0 Å². The lowest BCUT2D eigenvalue weighted by Gasteiger charge is -2.18. The molecule has 25 heavy (non-hydrogen) atoms. The fourth-order valence-electron chi connectivity index (χ4n) is 3.07. The molecule has 0 radical (unpaired) electrons. The van der Waals surface area contributed by atoms with Crippen molar-refractivity contribution in [3.63, 3.8) is 0 Å². The van der Waals surface area contributed by atoms with Gasteiger partial charge in [-0.05, 0) is 74.5 Å². The zero-order valence-corrected chi connectivity index (χ0v) is 15.0. The summed E-state index contributed by atoms with van der Waals surface area (Å²) in [4.78, 5) is 0. The number of hydrogen-bond donors (Lipinski definition) is 1. The molecule has 0 amide bonds. The molecule has 3 rings (SSSR count). The van der Waals surface area contributed by atoms with Gasteiger partial charge in [0.2, 0.25) is 6.29 Å². The summed E-state index contributed by atoms with van der Waals surface area (Å²) >= 11 is 0. The molecule has 0 fully saturated rings. The molecular formula is C23H26O2. The van der Waals surface area contributed by atoms with Crippen LogP contribution in [0.2, 0.25) is 0 Å². The van der Waals surface area contributed by atoms with Gasteiger partial charge in [0, 0.05) is 0 Å². The predicted molar refractivity (Wildman–Crippen MR) is 103 cm³/mol. The second-order valence-corrected chi connectivity index (χ2v) is 6.82. The van der Waals surface area contributed by atoms with Gasteiger partial charge in [-0.1, -0.05) is 53.6 Å². The highest BCUT2D eigenvalue weighted by Gasteiger charge is 2.11. The van der Waals surface area contributed by atoms with Crippen LogP contribution in [0.3, 0.4) is 0 Å². The molecule has 2 nitrogen and oxygen atoms in total. The van der Waals surface area contributed by atoms with E-state index in [1.807, 2.05) is 37.3 Å². The standard InChI is InChI=1S/C23H26O2/c1-17-3-10-20(11-4-17)21-12-7-19(8-13-21)9-16-23(24)25-22-14-5-18(2)6-15-22/h3,5-7,9-10,12,14-16,23-24H,4,8,11,13H2,1-2H3/b16-9+. The van der Waals surface area contributed by atoms with Crippen LogP contribution in [0.25, 0.3) is 0 Å². The maximum Gasteiger partial charge on any atom is 0.217 e. The topological polar surface area (TPSA) is 29.5 Å². The normalized spacial score (nSPS) is 19.0. The van der Waals surface area contributed by atoms with Gasteiger partial charge in [-0.3, -0.25) is 0 Å². The van der Waals surface area contributed by atoms with Crippen LogP contribution in [0.5, 0.6) is 5.75 Å². The Morgan fingerprint density at radius 3 is 2.16 bits per heavy atom. The summed E-state index contributed by atoms with van der Waals surface area (Å²) in [5, 5.41) is 10.0. The van der Waals surface area contributed by atoms with Crippen LogP contribution >= 0.6 is 0 Å². The number of rotatable bonds is 5. The molecule has 1 aromatic rings. The van der Waals surface area contributed by atoms with Crippen molar-refractivity contribution < 1.29 is 9.84 Å². The maximum absolute atomic E-state index is 10.0. The van der Waals surface area contributed by atoms with Gasteiger partial charge in [-0.15, -0.1) is 0 Å². The summed E-state index contributed by atoms with van der Waals surface area (Å²) in [6, 6.07) is 7.68. The van der Waals surface area contributed by atoms with Crippen molar-refractivity contribution in [1.82, 2.24) is 0 Å². The fraction of sp³-hybridized carbons (Fsp3) is 0.304. The molecule has 0 aromatic heterocycles. The highest BCUT2D eigenvalue weighted by atomic mass is 16.6. The molecular weight excluding hydrogens is 308 g/mol. The second kappa shape index (κ2) is 8.17. The molecule has 0 spiro atoms. The summed E-state index contributed by atoms with van der Waals surface area (Å²) in [5.74, 6) is 0.676. The van der Waals surface area contributed by atoms with Crippen molar-refractivity contribution in [2.24, 2.45) is 0 Å². The van der Waals surface area contributed by atoms with E-state index in [0.717, 1.165) is 19.3 Å². The number of allylic oxidation sites excluding steroid dienone is 9. The van der Waals surface area contributed by atoms with Crippen LogP contribution in [0.15, 0.2) is 83.0 Å². The number of aliphatic hydroxyl groups is 1. The first-order valence-corrected chi connectivity index (χ1v) is 8.96. The third-order valence-corrected chi connectivity index (χ3v) is 4.70. The van der Waals surface area contributed by atoms with Gasteiger partial charge >= 0.3 is 0 Å². The SMILES string of the molecule is CC1=CC=C(C2=CC=C(/C=C/C(O)Oc3ccc(C)cc3)CC2)CC1. The number of hydrogen-bond acceptors (Lipinski definition) is 2. The van der Waals surface area contributed by atoms with E-state index in [4.69, 9.17) is 4.74 Å². The van der Waals surface area contributed by atoms with E-state index in [-0.39, 0.29) is 0 Å². The monoisotopic (exact) mass is 334 g/mol. The Balaban J connectivity index is 1.58. The van der Waals surface area contributed by atoms with Gasteiger partial charge in [-0.25, -0.2) is 0 Å². The molecule has 0 aliphatic heterocycles. The van der Waals surface area contributed by atoms with Crippen LogP contribution < -0.4 is 4.74 Å². The van der Waals surface area contributed by atoms with Gasteiger partial charge in [0.1, 0.15) is 5.75 Å². The van der Waals surface area contributed by atoms with Gasteiger partial charge in [0.05, 0.1) is 0 Å². The minimum Gasteiger partial charge on any atom is -0.461 e. The predicted octanol–water partition coefficient (Wildman–Crippen LogP) is 5.56. The van der Waals surface area contributed by atoms with E-state index in [2.05, 4.69) is 31.2 Å². The summed E-state index contributed by atoms with van der Waals surface area (Å²) in [6.45, 7) is 4.22. The maximum atomic E-state index is 10.0. The Kier molecular flexibility index (Phi) is 5.72. The van der Waals surface area contributed by atoms with Crippen LogP contribution in [-0.4, -0.2) is 11.4 Å².